The molecule has 1 aromatic rings. The second-order valence-electron chi connectivity index (χ2n) is 7.95. The number of benzene rings is 1. The van der Waals surface area contributed by atoms with Gasteiger partial charge >= 0.3 is 12.6 Å². The van der Waals surface area contributed by atoms with E-state index in [1.54, 1.807) is 0 Å². The molecule has 0 unspecified atom stereocenters. The van der Waals surface area contributed by atoms with Crippen LogP contribution < -0.4 is 9.47 Å². The third-order valence-electron chi connectivity index (χ3n) is 5.72. The fourth-order valence-corrected chi connectivity index (χ4v) is 4.04. The minimum Gasteiger partial charge on any atom is -0.435 e. The highest BCUT2D eigenvalue weighted by molar-refractivity contribution is 5.72. The fourth-order valence-electron chi connectivity index (χ4n) is 4.04. The van der Waals surface area contributed by atoms with E-state index in [0.717, 1.165) is 12.3 Å². The van der Waals surface area contributed by atoms with E-state index < -0.39 is 6.61 Å². The Hall–Kier alpha value is -1.65. The molecule has 3 nitrogen and oxygen atoms in total. The maximum atomic E-state index is 12.1. The Morgan fingerprint density at radius 1 is 0.929 bits per heavy atom. The molecule has 0 N–H and O–H groups in total. The lowest BCUT2D eigenvalue weighted by atomic mass is 9.78. The minimum atomic E-state index is -2.86. The standard InChI is InChI=1S/C23H34F2O3/c1-2-3-4-5-6-7-18-8-10-19(11-9-18)12-17-22(26)27-20-13-15-21(16-14-20)28-23(24)25/h13-16,18-19,23H,2-12,17H2,1H3/t18-,19-. The van der Waals surface area contributed by atoms with E-state index in [1.165, 1.54) is 88.5 Å². The summed E-state index contributed by atoms with van der Waals surface area (Å²) in [6, 6.07) is 5.69. The zero-order valence-corrected chi connectivity index (χ0v) is 17.0. The van der Waals surface area contributed by atoms with E-state index in [1.807, 2.05) is 0 Å². The van der Waals surface area contributed by atoms with E-state index in [4.69, 9.17) is 4.74 Å². The van der Waals surface area contributed by atoms with Crippen molar-refractivity contribution in [1.82, 2.24) is 0 Å². The lowest BCUT2D eigenvalue weighted by Crippen LogP contribution is -2.17. The monoisotopic (exact) mass is 396 g/mol. The summed E-state index contributed by atoms with van der Waals surface area (Å²) in [6.07, 6.45) is 14.4. The average Bonchev–Trinajstić information content (AvgIpc) is 2.68. The first-order valence-electron chi connectivity index (χ1n) is 10.8. The molecule has 0 amide bonds. The van der Waals surface area contributed by atoms with E-state index in [-0.39, 0.29) is 11.7 Å². The van der Waals surface area contributed by atoms with E-state index in [2.05, 4.69) is 11.7 Å². The van der Waals surface area contributed by atoms with Gasteiger partial charge in [0.05, 0.1) is 0 Å². The second kappa shape index (κ2) is 12.7. The number of carbonyl (C=O) groups excluding carboxylic acids is 1. The summed E-state index contributed by atoms with van der Waals surface area (Å²) < 4.78 is 33.8. The molecule has 1 aliphatic carbocycles. The lowest BCUT2D eigenvalue weighted by molar-refractivity contribution is -0.134. The number of ether oxygens (including phenoxy) is 2. The summed E-state index contributed by atoms with van der Waals surface area (Å²) in [7, 11) is 0. The van der Waals surface area contributed by atoms with E-state index >= 15 is 0 Å². The normalized spacial score (nSPS) is 19.6. The summed E-state index contributed by atoms with van der Waals surface area (Å²) in [4.78, 5) is 12.0. The number of esters is 1. The van der Waals surface area contributed by atoms with Gasteiger partial charge in [-0.05, 0) is 42.5 Å². The minimum absolute atomic E-state index is 0.0527. The molecule has 0 spiro atoms. The molecule has 0 radical (unpaired) electrons. The van der Waals surface area contributed by atoms with Gasteiger partial charge in [0.1, 0.15) is 11.5 Å². The Morgan fingerprint density at radius 2 is 1.50 bits per heavy atom. The molecule has 158 valence electrons. The molecule has 2 rings (SSSR count). The molecule has 0 bridgehead atoms. The number of hydrogen-bond donors (Lipinski definition) is 0. The summed E-state index contributed by atoms with van der Waals surface area (Å²) in [5.74, 6) is 1.64. The summed E-state index contributed by atoms with van der Waals surface area (Å²) in [6.45, 7) is -0.608. The average molecular weight is 397 g/mol. The number of unbranched alkanes of at least 4 members (excludes halogenated alkanes) is 4. The third-order valence-corrected chi connectivity index (χ3v) is 5.72. The molecule has 28 heavy (non-hydrogen) atoms. The van der Waals surface area contributed by atoms with Crippen LogP contribution in [0.3, 0.4) is 0 Å². The van der Waals surface area contributed by atoms with Gasteiger partial charge in [-0.1, -0.05) is 71.1 Å². The maximum absolute atomic E-state index is 12.1. The van der Waals surface area contributed by atoms with Gasteiger partial charge in [0, 0.05) is 6.42 Å². The number of halogens is 2. The van der Waals surface area contributed by atoms with Crippen LogP contribution in [0.5, 0.6) is 11.5 Å². The first kappa shape index (κ1) is 22.6. The lowest BCUT2D eigenvalue weighted by Gasteiger charge is -2.28. The van der Waals surface area contributed by atoms with E-state index in [9.17, 15) is 13.6 Å². The number of rotatable bonds is 12. The zero-order valence-electron chi connectivity index (χ0n) is 17.0. The first-order chi connectivity index (χ1) is 13.6. The van der Waals surface area contributed by atoms with Crippen LogP contribution in [0.4, 0.5) is 8.78 Å². The summed E-state index contributed by atoms with van der Waals surface area (Å²) >= 11 is 0. The molecule has 0 aliphatic heterocycles. The van der Waals surface area contributed by atoms with Crippen LogP contribution in [0.15, 0.2) is 24.3 Å². The third kappa shape index (κ3) is 9.03. The molecule has 1 aromatic carbocycles. The molecule has 0 aromatic heterocycles. The highest BCUT2D eigenvalue weighted by atomic mass is 19.3. The van der Waals surface area contributed by atoms with Gasteiger partial charge in [0.25, 0.3) is 0 Å². The molecule has 1 saturated carbocycles. The summed E-state index contributed by atoms with van der Waals surface area (Å²) in [5.41, 5.74) is 0. The Morgan fingerprint density at radius 3 is 2.11 bits per heavy atom. The van der Waals surface area contributed by atoms with Crippen molar-refractivity contribution in [2.45, 2.75) is 90.6 Å². The molecule has 5 heteroatoms. The topological polar surface area (TPSA) is 35.5 Å². The highest BCUT2D eigenvalue weighted by Gasteiger charge is 2.21. The number of hydrogen-bond acceptors (Lipinski definition) is 3. The zero-order chi connectivity index (χ0) is 20.2. The fraction of sp³-hybridized carbons (Fsp3) is 0.696. The van der Waals surface area contributed by atoms with Crippen molar-refractivity contribution in [3.05, 3.63) is 24.3 Å². The van der Waals surface area contributed by atoms with Crippen LogP contribution >= 0.6 is 0 Å². The maximum Gasteiger partial charge on any atom is 0.387 e. The Bertz CT molecular complexity index is 551. The molecular weight excluding hydrogens is 362 g/mol. The van der Waals surface area contributed by atoms with Crippen molar-refractivity contribution in [3.8, 4) is 11.5 Å². The van der Waals surface area contributed by atoms with Gasteiger partial charge in [0.15, 0.2) is 0 Å². The van der Waals surface area contributed by atoms with Crippen LogP contribution in [-0.4, -0.2) is 12.6 Å². The van der Waals surface area contributed by atoms with Crippen molar-refractivity contribution >= 4 is 5.97 Å². The molecule has 0 atom stereocenters. The van der Waals surface area contributed by atoms with Crippen LogP contribution in [0.2, 0.25) is 0 Å². The van der Waals surface area contributed by atoms with Crippen molar-refractivity contribution in [2.75, 3.05) is 0 Å². The Balaban J connectivity index is 1.58. The van der Waals surface area contributed by atoms with Crippen molar-refractivity contribution in [1.29, 1.82) is 0 Å². The molecule has 0 heterocycles. The number of carbonyl (C=O) groups is 1. The van der Waals surface area contributed by atoms with Crippen molar-refractivity contribution < 1.29 is 23.0 Å². The molecule has 1 fully saturated rings. The quantitative estimate of drug-likeness (QED) is 0.214. The second-order valence-corrected chi connectivity index (χ2v) is 7.95. The molecule has 1 aliphatic rings. The van der Waals surface area contributed by atoms with Gasteiger partial charge < -0.3 is 9.47 Å². The predicted molar refractivity (Wildman–Crippen MR) is 107 cm³/mol. The van der Waals surface area contributed by atoms with Crippen LogP contribution in [0.25, 0.3) is 0 Å². The van der Waals surface area contributed by atoms with Gasteiger partial charge in [-0.25, -0.2) is 0 Å². The van der Waals surface area contributed by atoms with Crippen molar-refractivity contribution in [2.24, 2.45) is 11.8 Å². The Kier molecular flexibility index (Phi) is 10.3. The van der Waals surface area contributed by atoms with Crippen molar-refractivity contribution in [3.63, 3.8) is 0 Å². The van der Waals surface area contributed by atoms with Crippen LogP contribution in [-0.2, 0) is 4.79 Å². The highest BCUT2D eigenvalue weighted by Crippen LogP contribution is 2.34. The first-order valence-corrected chi connectivity index (χ1v) is 10.8. The molecule has 0 saturated heterocycles. The Labute approximate surface area is 167 Å². The SMILES string of the molecule is CCCCCCC[C@H]1CC[C@H](CCC(=O)Oc2ccc(OC(F)F)cc2)CC1. The summed E-state index contributed by atoms with van der Waals surface area (Å²) in [5, 5.41) is 0. The van der Waals surface area contributed by atoms with Gasteiger partial charge in [0.2, 0.25) is 0 Å². The largest absolute Gasteiger partial charge is 0.435 e. The van der Waals surface area contributed by atoms with Crippen LogP contribution in [0, 0.1) is 11.8 Å². The predicted octanol–water partition coefficient (Wildman–Crippen LogP) is 7.14. The van der Waals surface area contributed by atoms with Gasteiger partial charge in [-0.15, -0.1) is 0 Å². The smallest absolute Gasteiger partial charge is 0.387 e. The molecular formula is C23H34F2O3. The van der Waals surface area contributed by atoms with Gasteiger partial charge in [-0.3, -0.25) is 4.79 Å². The van der Waals surface area contributed by atoms with E-state index in [0.29, 0.717) is 18.1 Å². The van der Waals surface area contributed by atoms with Gasteiger partial charge in [-0.2, -0.15) is 8.78 Å². The number of alkyl halides is 2. The van der Waals surface area contributed by atoms with Crippen LogP contribution in [0.1, 0.15) is 84.0 Å².